The zero-order chi connectivity index (χ0) is 28.5. The Morgan fingerprint density at radius 1 is 0.947 bits per heavy atom. The summed E-state index contributed by atoms with van der Waals surface area (Å²) in [6, 6.07) is -1.02. The first-order valence-electron chi connectivity index (χ1n) is 13.8. The zero-order valence-electron chi connectivity index (χ0n) is 23.2. The lowest BCUT2D eigenvalue weighted by Gasteiger charge is -2.23. The second-order valence-corrected chi connectivity index (χ2v) is 10.5. The van der Waals surface area contributed by atoms with Crippen molar-refractivity contribution >= 4 is 13.7 Å². The number of phosphoric ester groups is 1. The zero-order valence-corrected chi connectivity index (χ0v) is 24.1. The van der Waals surface area contributed by atoms with Crippen molar-refractivity contribution < 1.29 is 33.5 Å². The highest BCUT2D eigenvalue weighted by Gasteiger charge is 2.27. The first kappa shape index (κ1) is 36.4. The minimum absolute atomic E-state index is 0.0360. The van der Waals surface area contributed by atoms with Crippen LogP contribution in [0.1, 0.15) is 84.5 Å². The number of unbranched alkanes of at least 4 members (excludes halogenated alkanes) is 6. The third-order valence-electron chi connectivity index (χ3n) is 5.50. The van der Waals surface area contributed by atoms with E-state index in [2.05, 4.69) is 30.5 Å². The van der Waals surface area contributed by atoms with E-state index in [9.17, 15) is 24.5 Å². The van der Waals surface area contributed by atoms with E-state index in [0.29, 0.717) is 12.8 Å². The molecule has 0 aromatic heterocycles. The van der Waals surface area contributed by atoms with Crippen LogP contribution >= 0.6 is 7.82 Å². The fraction of sp³-hybridized carbons (Fsp3) is 0.679. The third kappa shape index (κ3) is 22.4. The molecule has 1 amide bonds. The average molecular weight is 559 g/mol. The molecule has 10 heteroatoms. The maximum Gasteiger partial charge on any atom is 0.472 e. The fourth-order valence-corrected chi connectivity index (χ4v) is 4.15. The number of carbonyl (C=O) groups excluding carboxylic acids is 1. The Hall–Kier alpha value is -1.58. The Bertz CT molecular complexity index is 755. The van der Waals surface area contributed by atoms with Gasteiger partial charge in [-0.2, -0.15) is 0 Å². The van der Waals surface area contributed by atoms with E-state index < -0.39 is 38.6 Å². The second kappa shape index (κ2) is 24.5. The van der Waals surface area contributed by atoms with Crippen LogP contribution in [0.25, 0.3) is 0 Å². The van der Waals surface area contributed by atoms with Crippen molar-refractivity contribution in [2.75, 3.05) is 19.8 Å². The first-order valence-corrected chi connectivity index (χ1v) is 15.3. The van der Waals surface area contributed by atoms with E-state index in [1.165, 1.54) is 25.3 Å². The van der Waals surface area contributed by atoms with Crippen LogP contribution in [0.3, 0.4) is 0 Å². The molecule has 0 aromatic rings. The molecule has 0 saturated carbocycles. The van der Waals surface area contributed by atoms with Gasteiger partial charge in [0.15, 0.2) is 0 Å². The molecule has 38 heavy (non-hydrogen) atoms. The quantitative estimate of drug-likeness (QED) is 0.0641. The van der Waals surface area contributed by atoms with Crippen LogP contribution in [-0.4, -0.2) is 59.0 Å². The van der Waals surface area contributed by atoms with Crippen LogP contribution in [0.4, 0.5) is 0 Å². The smallest absolute Gasteiger partial charge is 0.392 e. The van der Waals surface area contributed by atoms with Gasteiger partial charge in [0.25, 0.3) is 0 Å². The van der Waals surface area contributed by atoms with Gasteiger partial charge in [-0.05, 0) is 51.9 Å². The molecule has 0 bridgehead atoms. The number of hydrogen-bond acceptors (Lipinski definition) is 7. The summed E-state index contributed by atoms with van der Waals surface area (Å²) in [5, 5.41) is 23.4. The number of aliphatic hydroxyl groups is 2. The molecule has 0 rings (SSSR count). The minimum Gasteiger partial charge on any atom is -0.392 e. The van der Waals surface area contributed by atoms with Gasteiger partial charge in [0.1, 0.15) is 0 Å². The van der Waals surface area contributed by atoms with E-state index >= 15 is 0 Å². The van der Waals surface area contributed by atoms with Crippen molar-refractivity contribution in [3.8, 4) is 0 Å². The van der Waals surface area contributed by atoms with Gasteiger partial charge in [-0.1, -0.05) is 74.8 Å². The molecule has 4 atom stereocenters. The van der Waals surface area contributed by atoms with Crippen molar-refractivity contribution in [3.63, 3.8) is 0 Å². The van der Waals surface area contributed by atoms with Gasteiger partial charge >= 0.3 is 7.82 Å². The van der Waals surface area contributed by atoms with Crippen LogP contribution in [0.5, 0.6) is 0 Å². The number of allylic oxidation sites excluding steroid dienone is 6. The fourth-order valence-electron chi connectivity index (χ4n) is 3.39. The molecular formula is C28H51N2O7P. The van der Waals surface area contributed by atoms with Crippen molar-refractivity contribution in [3.05, 3.63) is 48.6 Å². The Morgan fingerprint density at radius 2 is 1.61 bits per heavy atom. The largest absolute Gasteiger partial charge is 0.472 e. The number of aliphatic hydroxyl groups excluding tert-OH is 2. The Labute approximate surface area is 229 Å². The molecule has 0 aliphatic carbocycles. The van der Waals surface area contributed by atoms with Gasteiger partial charge < -0.3 is 26.2 Å². The summed E-state index contributed by atoms with van der Waals surface area (Å²) in [6.07, 6.45) is 22.6. The summed E-state index contributed by atoms with van der Waals surface area (Å²) in [6.45, 7) is 3.55. The summed E-state index contributed by atoms with van der Waals surface area (Å²) in [5.41, 5.74) is 5.29. The van der Waals surface area contributed by atoms with Crippen LogP contribution in [0.15, 0.2) is 48.6 Å². The Morgan fingerprint density at radius 3 is 2.26 bits per heavy atom. The van der Waals surface area contributed by atoms with Crippen molar-refractivity contribution in [1.29, 1.82) is 0 Å². The molecule has 0 spiro atoms. The summed E-state index contributed by atoms with van der Waals surface area (Å²) in [5.74, 6) is -0.505. The lowest BCUT2D eigenvalue weighted by Crippen LogP contribution is -2.46. The predicted octanol–water partition coefficient (Wildman–Crippen LogP) is 4.84. The molecule has 0 radical (unpaired) electrons. The molecule has 4 unspecified atom stereocenters. The van der Waals surface area contributed by atoms with E-state index in [1.54, 1.807) is 6.08 Å². The molecule has 0 aliphatic heterocycles. The van der Waals surface area contributed by atoms with E-state index in [-0.39, 0.29) is 19.6 Å². The highest BCUT2D eigenvalue weighted by molar-refractivity contribution is 7.47. The van der Waals surface area contributed by atoms with Crippen molar-refractivity contribution in [2.45, 2.75) is 103 Å². The van der Waals surface area contributed by atoms with Crippen LogP contribution in [0.2, 0.25) is 0 Å². The molecule has 9 nitrogen and oxygen atoms in total. The predicted molar refractivity (Wildman–Crippen MR) is 153 cm³/mol. The van der Waals surface area contributed by atoms with Gasteiger partial charge in [-0.3, -0.25) is 13.8 Å². The first-order chi connectivity index (χ1) is 18.3. The number of rotatable bonds is 24. The number of phosphoric acid groups is 1. The van der Waals surface area contributed by atoms with Gasteiger partial charge in [-0.15, -0.1) is 0 Å². The van der Waals surface area contributed by atoms with Gasteiger partial charge in [-0.25, -0.2) is 4.57 Å². The Kier molecular flexibility index (Phi) is 23.4. The molecule has 220 valence electrons. The maximum atomic E-state index is 12.5. The normalized spacial score (nSPS) is 16.5. The van der Waals surface area contributed by atoms with E-state index in [4.69, 9.17) is 14.8 Å². The summed E-state index contributed by atoms with van der Waals surface area (Å²) in [4.78, 5) is 22.3. The monoisotopic (exact) mass is 558 g/mol. The maximum absolute atomic E-state index is 12.5. The summed E-state index contributed by atoms with van der Waals surface area (Å²) in [7, 11) is -4.39. The number of carbonyl (C=O) groups is 1. The van der Waals surface area contributed by atoms with Crippen molar-refractivity contribution in [2.24, 2.45) is 5.73 Å². The van der Waals surface area contributed by atoms with E-state index in [0.717, 1.165) is 32.1 Å². The highest BCUT2D eigenvalue weighted by Crippen LogP contribution is 2.43. The molecule has 0 fully saturated rings. The topological polar surface area (TPSA) is 151 Å². The molecule has 0 heterocycles. The minimum atomic E-state index is -4.39. The molecular weight excluding hydrogens is 507 g/mol. The average Bonchev–Trinajstić information content (AvgIpc) is 2.88. The standard InChI is InChI=1S/C28H51N2O7P/c1-3-5-7-9-11-12-14-16-18-20-27(32)26(24-37-38(34,35)36-22-21-29)30-28(33)23-25(31)19-17-15-13-10-8-6-4-2/h3,5,11-12,15,17-18,20,25-27,31-32H,4,6-10,13-14,16,19,21-24,29H2,1-2H3,(H,30,33)(H,34,35)/b5-3+,12-11+,17-15-,20-18+. The van der Waals surface area contributed by atoms with Crippen molar-refractivity contribution in [1.82, 2.24) is 5.32 Å². The molecule has 0 aromatic carbocycles. The SMILES string of the molecule is C/C=C/CC/C=C/CC/C=C/C(O)C(COP(=O)(O)OCCN)NC(=O)CC(O)C/C=C\CCCCCC. The van der Waals surface area contributed by atoms with Gasteiger partial charge in [0, 0.05) is 6.54 Å². The lowest BCUT2D eigenvalue weighted by atomic mass is 10.1. The number of nitrogens with one attached hydrogen (secondary N) is 1. The van der Waals surface area contributed by atoms with E-state index in [1.807, 2.05) is 25.2 Å². The summed E-state index contributed by atoms with van der Waals surface area (Å²) >= 11 is 0. The lowest BCUT2D eigenvalue weighted by molar-refractivity contribution is -0.124. The second-order valence-electron chi connectivity index (χ2n) is 9.09. The Balaban J connectivity index is 4.82. The number of nitrogens with two attached hydrogens (primary N) is 1. The van der Waals surface area contributed by atoms with Crippen LogP contribution in [-0.2, 0) is 18.4 Å². The van der Waals surface area contributed by atoms with Crippen LogP contribution in [0, 0.1) is 0 Å². The number of amides is 1. The molecule has 6 N–H and O–H groups in total. The van der Waals surface area contributed by atoms with Gasteiger partial charge in [0.2, 0.25) is 5.91 Å². The number of hydrogen-bond donors (Lipinski definition) is 5. The highest BCUT2D eigenvalue weighted by atomic mass is 31.2. The molecule has 0 saturated heterocycles. The summed E-state index contributed by atoms with van der Waals surface area (Å²) < 4.78 is 21.7. The molecule has 0 aliphatic rings. The van der Waals surface area contributed by atoms with Crippen LogP contribution < -0.4 is 11.1 Å². The third-order valence-corrected chi connectivity index (χ3v) is 6.49. The van der Waals surface area contributed by atoms with Gasteiger partial charge in [0.05, 0.1) is 37.9 Å².